The van der Waals surface area contributed by atoms with E-state index in [4.69, 9.17) is 4.74 Å². The number of ether oxygens (including phenoxy) is 1. The second-order valence-corrected chi connectivity index (χ2v) is 7.81. The maximum Gasteiger partial charge on any atom is 0.274 e. The van der Waals surface area contributed by atoms with Crippen molar-refractivity contribution in [3.63, 3.8) is 0 Å². The van der Waals surface area contributed by atoms with E-state index in [1.54, 1.807) is 18.2 Å². The zero-order valence-electron chi connectivity index (χ0n) is 15.7. The lowest BCUT2D eigenvalue weighted by atomic mass is 10.1. The normalized spacial score (nSPS) is 20.0. The number of nitrogens with one attached hydrogen (secondary N) is 2. The molecule has 0 radical (unpaired) electrons. The van der Waals surface area contributed by atoms with Crippen molar-refractivity contribution < 1.29 is 9.53 Å². The van der Waals surface area contributed by atoms with Crippen LogP contribution < -0.4 is 15.5 Å². The van der Waals surface area contributed by atoms with E-state index in [-0.39, 0.29) is 12.0 Å². The first-order valence-electron chi connectivity index (χ1n) is 9.72. The quantitative estimate of drug-likeness (QED) is 0.703. The number of carbonyl (C=O) groups excluding carboxylic acids is 1. The van der Waals surface area contributed by atoms with Crippen molar-refractivity contribution in [2.45, 2.75) is 25.4 Å². The van der Waals surface area contributed by atoms with Crippen molar-refractivity contribution in [3.05, 3.63) is 46.5 Å². The fourth-order valence-corrected chi connectivity index (χ4v) is 4.03. The van der Waals surface area contributed by atoms with Gasteiger partial charge in [-0.1, -0.05) is 6.07 Å². The first-order valence-corrected chi connectivity index (χ1v) is 10.5. The average Bonchev–Trinajstić information content (AvgIpc) is 2.75. The van der Waals surface area contributed by atoms with Gasteiger partial charge in [0.25, 0.3) is 5.91 Å². The molecule has 2 saturated heterocycles. The van der Waals surface area contributed by atoms with Crippen molar-refractivity contribution in [2.24, 2.45) is 0 Å². The molecule has 2 aliphatic heterocycles. The minimum atomic E-state index is -0.252. The molecule has 2 N–H and O–H groups in total. The first-order chi connectivity index (χ1) is 13.7. The number of hydrogen-bond donors (Lipinski definition) is 2. The number of carbonyl (C=O) groups is 1. The number of anilines is 2. The highest BCUT2D eigenvalue weighted by Gasteiger charge is 2.26. The molecule has 1 atom stereocenters. The van der Waals surface area contributed by atoms with Crippen molar-refractivity contribution in [2.75, 3.05) is 43.0 Å². The van der Waals surface area contributed by atoms with Gasteiger partial charge in [0.1, 0.15) is 16.4 Å². The standard InChI is InChI=1S/C20H24BrN5O2/c21-17-6-4-5-14(24-17)20(27)25-18-15(26-10-2-1-3-11-26)7-8-23-19(18)16-13-22-9-12-28-16/h4-8,16,22H,1-3,9-13H2,(H,25,27). The SMILES string of the molecule is O=C(Nc1c(N2CCCCC2)ccnc1C1CNCCO1)c1cccc(Br)n1. The van der Waals surface area contributed by atoms with Crippen molar-refractivity contribution in [1.29, 1.82) is 0 Å². The van der Waals surface area contributed by atoms with Crippen LogP contribution in [0.15, 0.2) is 35.1 Å². The molecule has 1 amide bonds. The Labute approximate surface area is 173 Å². The summed E-state index contributed by atoms with van der Waals surface area (Å²) in [6.45, 7) is 4.08. The van der Waals surface area contributed by atoms with Gasteiger partial charge in [-0.3, -0.25) is 9.78 Å². The summed E-state index contributed by atoms with van der Waals surface area (Å²) in [5.74, 6) is -0.252. The maximum atomic E-state index is 12.9. The Morgan fingerprint density at radius 2 is 2.11 bits per heavy atom. The van der Waals surface area contributed by atoms with Crippen LogP contribution >= 0.6 is 15.9 Å². The number of hydrogen-bond acceptors (Lipinski definition) is 6. The second-order valence-electron chi connectivity index (χ2n) is 7.00. The number of morpholine rings is 1. The van der Waals surface area contributed by atoms with Gasteiger partial charge in [-0.25, -0.2) is 4.98 Å². The third kappa shape index (κ3) is 4.34. The summed E-state index contributed by atoms with van der Waals surface area (Å²) >= 11 is 3.33. The number of aromatic nitrogens is 2. The predicted octanol–water partition coefficient (Wildman–Crippen LogP) is 3.14. The highest BCUT2D eigenvalue weighted by molar-refractivity contribution is 9.10. The van der Waals surface area contributed by atoms with Crippen molar-refractivity contribution in [3.8, 4) is 0 Å². The van der Waals surface area contributed by atoms with E-state index in [2.05, 4.69) is 41.4 Å². The molecule has 8 heteroatoms. The third-order valence-electron chi connectivity index (χ3n) is 5.07. The zero-order valence-corrected chi connectivity index (χ0v) is 17.2. The third-order valence-corrected chi connectivity index (χ3v) is 5.52. The van der Waals surface area contributed by atoms with E-state index >= 15 is 0 Å². The lowest BCUT2D eigenvalue weighted by molar-refractivity contribution is 0.0255. The number of pyridine rings is 2. The van der Waals surface area contributed by atoms with Crippen LogP contribution in [0.5, 0.6) is 0 Å². The number of nitrogens with zero attached hydrogens (tertiary/aromatic N) is 3. The van der Waals surface area contributed by atoms with Crippen LogP contribution in [0.25, 0.3) is 0 Å². The number of rotatable bonds is 4. The van der Waals surface area contributed by atoms with Crippen LogP contribution in [-0.2, 0) is 4.74 Å². The van der Waals surface area contributed by atoms with Crippen LogP contribution in [0.1, 0.15) is 41.5 Å². The Balaban J connectivity index is 1.69. The summed E-state index contributed by atoms with van der Waals surface area (Å²) in [6.07, 6.45) is 5.17. The van der Waals surface area contributed by atoms with Crippen LogP contribution in [-0.4, -0.2) is 48.7 Å². The number of halogens is 1. The van der Waals surface area contributed by atoms with Gasteiger partial charge in [0.2, 0.25) is 0 Å². The molecule has 7 nitrogen and oxygen atoms in total. The van der Waals surface area contributed by atoms with Gasteiger partial charge in [-0.2, -0.15) is 0 Å². The molecule has 2 fully saturated rings. The van der Waals surface area contributed by atoms with Crippen molar-refractivity contribution in [1.82, 2.24) is 15.3 Å². The summed E-state index contributed by atoms with van der Waals surface area (Å²) in [4.78, 5) is 24.1. The van der Waals surface area contributed by atoms with E-state index in [0.29, 0.717) is 23.4 Å². The molecule has 0 bridgehead atoms. The molecular formula is C20H24BrN5O2. The van der Waals surface area contributed by atoms with Gasteiger partial charge in [-0.05, 0) is 53.4 Å². The van der Waals surface area contributed by atoms with Gasteiger partial charge >= 0.3 is 0 Å². The topological polar surface area (TPSA) is 79.4 Å². The van der Waals surface area contributed by atoms with Gasteiger partial charge in [0, 0.05) is 32.4 Å². The number of amides is 1. The Hall–Kier alpha value is -2.03. The van der Waals surface area contributed by atoms with Gasteiger partial charge in [-0.15, -0.1) is 0 Å². The van der Waals surface area contributed by atoms with Crippen LogP contribution in [0.2, 0.25) is 0 Å². The highest BCUT2D eigenvalue weighted by atomic mass is 79.9. The van der Waals surface area contributed by atoms with Crippen LogP contribution in [0.4, 0.5) is 11.4 Å². The van der Waals surface area contributed by atoms with Gasteiger partial charge in [0.05, 0.1) is 23.7 Å². The molecule has 0 aliphatic carbocycles. The van der Waals surface area contributed by atoms with E-state index < -0.39 is 0 Å². The molecule has 2 aromatic rings. The van der Waals surface area contributed by atoms with E-state index in [1.165, 1.54) is 6.42 Å². The molecule has 2 aliphatic rings. The summed E-state index contributed by atoms with van der Waals surface area (Å²) < 4.78 is 6.56. The Kier molecular flexibility index (Phi) is 6.19. The minimum absolute atomic E-state index is 0.191. The van der Waals surface area contributed by atoms with E-state index in [9.17, 15) is 4.79 Å². The molecule has 0 aromatic carbocycles. The van der Waals surface area contributed by atoms with Crippen molar-refractivity contribution >= 4 is 33.2 Å². The minimum Gasteiger partial charge on any atom is -0.370 e. The van der Waals surface area contributed by atoms with Gasteiger partial charge < -0.3 is 20.3 Å². The Bertz CT molecular complexity index is 799. The molecule has 4 heterocycles. The van der Waals surface area contributed by atoms with Crippen LogP contribution in [0, 0.1) is 0 Å². The second kappa shape index (κ2) is 8.98. The molecule has 0 spiro atoms. The molecule has 2 aromatic heterocycles. The molecule has 4 rings (SSSR count). The smallest absolute Gasteiger partial charge is 0.274 e. The molecular weight excluding hydrogens is 422 g/mol. The van der Waals surface area contributed by atoms with E-state index in [0.717, 1.165) is 49.5 Å². The monoisotopic (exact) mass is 445 g/mol. The fraction of sp³-hybridized carbons (Fsp3) is 0.450. The molecule has 148 valence electrons. The fourth-order valence-electron chi connectivity index (χ4n) is 3.69. The maximum absolute atomic E-state index is 12.9. The Morgan fingerprint density at radius 3 is 2.86 bits per heavy atom. The summed E-state index contributed by atoms with van der Waals surface area (Å²) in [5.41, 5.74) is 2.85. The van der Waals surface area contributed by atoms with E-state index in [1.807, 2.05) is 12.3 Å². The lowest BCUT2D eigenvalue weighted by Crippen LogP contribution is -2.35. The zero-order chi connectivity index (χ0) is 19.3. The Morgan fingerprint density at radius 1 is 1.25 bits per heavy atom. The van der Waals surface area contributed by atoms with Gasteiger partial charge in [0.15, 0.2) is 0 Å². The number of piperidine rings is 1. The summed E-state index contributed by atoms with van der Waals surface area (Å²) in [5, 5.41) is 6.43. The predicted molar refractivity (Wildman–Crippen MR) is 112 cm³/mol. The largest absolute Gasteiger partial charge is 0.370 e. The highest BCUT2D eigenvalue weighted by Crippen LogP contribution is 2.35. The molecule has 1 unspecified atom stereocenters. The van der Waals surface area contributed by atoms with Crippen LogP contribution in [0.3, 0.4) is 0 Å². The summed E-state index contributed by atoms with van der Waals surface area (Å²) in [7, 11) is 0. The first kappa shape index (κ1) is 19.3. The lowest BCUT2D eigenvalue weighted by Gasteiger charge is -2.32. The molecule has 0 saturated carbocycles. The molecule has 28 heavy (non-hydrogen) atoms. The summed E-state index contributed by atoms with van der Waals surface area (Å²) in [6, 6.07) is 7.28. The average molecular weight is 446 g/mol.